The number of likely N-dealkylation sites (N-methyl/N-ethyl adjacent to an activating group) is 1. The first-order chi connectivity index (χ1) is 16.0. The quantitative estimate of drug-likeness (QED) is 0.370. The maximum atomic E-state index is 13.0. The monoisotopic (exact) mass is 452 g/mol. The van der Waals surface area contributed by atoms with Crippen LogP contribution in [-0.2, 0) is 0 Å². The van der Waals surface area contributed by atoms with E-state index in [0.29, 0.717) is 13.1 Å². The molecule has 4 rings (SSSR count). The summed E-state index contributed by atoms with van der Waals surface area (Å²) in [4.78, 5) is 17.1. The molecule has 0 radical (unpaired) electrons. The molecule has 3 aromatic rings. The highest BCUT2D eigenvalue weighted by molar-refractivity contribution is 5.99. The van der Waals surface area contributed by atoms with E-state index in [4.69, 9.17) is 4.63 Å². The van der Waals surface area contributed by atoms with Crippen molar-refractivity contribution in [3.63, 3.8) is 0 Å². The Hall–Kier alpha value is -3.79. The van der Waals surface area contributed by atoms with Gasteiger partial charge < -0.3 is 30.1 Å². The van der Waals surface area contributed by atoms with Gasteiger partial charge in [0.05, 0.1) is 11.6 Å². The summed E-state index contributed by atoms with van der Waals surface area (Å²) in [5.41, 5.74) is 1.41. The number of piperazine rings is 1. The second-order valence-corrected chi connectivity index (χ2v) is 8.07. The predicted molar refractivity (Wildman–Crippen MR) is 123 cm³/mol. The lowest BCUT2D eigenvalue weighted by atomic mass is 10.0. The van der Waals surface area contributed by atoms with Crippen LogP contribution in [0.15, 0.2) is 53.2 Å². The van der Waals surface area contributed by atoms with Crippen LogP contribution in [0, 0.1) is 5.21 Å². The number of nitrogens with zero attached hydrogens (tertiary/aromatic N) is 4. The van der Waals surface area contributed by atoms with Crippen LogP contribution >= 0.6 is 0 Å². The first-order valence-corrected chi connectivity index (χ1v) is 11.0. The summed E-state index contributed by atoms with van der Waals surface area (Å²) < 4.78 is 4.80. The average molecular weight is 453 g/mol. The predicted octanol–water partition coefficient (Wildman–Crippen LogP) is 2.71. The highest BCUT2D eigenvalue weighted by Crippen LogP contribution is 2.33. The van der Waals surface area contributed by atoms with Crippen LogP contribution in [-0.4, -0.2) is 59.2 Å². The summed E-state index contributed by atoms with van der Waals surface area (Å²) in [6.45, 7) is 4.74. The molecule has 10 nitrogen and oxygen atoms in total. The van der Waals surface area contributed by atoms with E-state index in [1.807, 2.05) is 44.3 Å². The molecule has 0 aliphatic carbocycles. The number of para-hydroxylation sites is 1. The van der Waals surface area contributed by atoms with Gasteiger partial charge in [-0.25, -0.2) is 0 Å². The molecule has 1 amide bonds. The van der Waals surface area contributed by atoms with Gasteiger partial charge in [-0.05, 0) is 36.3 Å². The Labute approximate surface area is 191 Å². The van der Waals surface area contributed by atoms with E-state index in [0.717, 1.165) is 25.1 Å². The summed E-state index contributed by atoms with van der Waals surface area (Å²) in [6, 6.07) is 14.5. The van der Waals surface area contributed by atoms with Crippen molar-refractivity contribution in [1.29, 1.82) is 0 Å². The number of hydrogen-bond donors (Lipinski definition) is 3. The summed E-state index contributed by atoms with van der Waals surface area (Å²) in [5, 5.41) is 33.0. The zero-order valence-electron chi connectivity index (χ0n) is 18.7. The lowest BCUT2D eigenvalue weighted by molar-refractivity contribution is -0.790. The highest BCUT2D eigenvalue weighted by Gasteiger charge is 2.27. The topological polar surface area (TPSA) is 121 Å². The number of aromatic nitrogens is 2. The molecule has 1 fully saturated rings. The first-order valence-electron chi connectivity index (χ1n) is 11.0. The van der Waals surface area contributed by atoms with Gasteiger partial charge in [0.1, 0.15) is 5.69 Å². The number of amides is 1. The van der Waals surface area contributed by atoms with Gasteiger partial charge in [0.25, 0.3) is 11.7 Å². The number of nitrogens with one attached hydrogen (secondary N) is 2. The Bertz CT molecular complexity index is 1100. The number of hydrogen-bond acceptors (Lipinski definition) is 8. The zero-order valence-corrected chi connectivity index (χ0v) is 18.7. The number of rotatable bonds is 7. The molecular weight excluding hydrogens is 424 g/mol. The highest BCUT2D eigenvalue weighted by atomic mass is 16.8. The Balaban J connectivity index is 1.56. The normalized spacial score (nSPS) is 15.3. The smallest absolute Gasteiger partial charge is 0.324 e. The van der Waals surface area contributed by atoms with Crippen molar-refractivity contribution in [1.82, 2.24) is 15.0 Å². The van der Waals surface area contributed by atoms with Crippen LogP contribution in [0.2, 0.25) is 0 Å². The standard InChI is InChI=1S/C23H28N6O4/c1-3-18(16-8-5-4-6-9-16)24-21-22(29(32)33-26-21)25-19-11-7-10-17(20(19)30)23(31)28-14-12-27(2)13-15-28/h4-11,18,25,30H,3,12-15H2,1-2H3,(H,24,26)/t18-/m1/s1. The molecule has 2 aromatic carbocycles. The van der Waals surface area contributed by atoms with E-state index in [1.54, 1.807) is 23.1 Å². The van der Waals surface area contributed by atoms with Gasteiger partial charge >= 0.3 is 5.82 Å². The first kappa shape index (κ1) is 22.4. The van der Waals surface area contributed by atoms with Crippen molar-refractivity contribution in [2.45, 2.75) is 19.4 Å². The largest absolute Gasteiger partial charge is 0.504 e. The van der Waals surface area contributed by atoms with Crippen molar-refractivity contribution in [3.8, 4) is 5.75 Å². The minimum atomic E-state index is -0.252. The van der Waals surface area contributed by atoms with Gasteiger partial charge in [0.15, 0.2) is 5.75 Å². The van der Waals surface area contributed by atoms with Crippen LogP contribution in [0.25, 0.3) is 0 Å². The van der Waals surface area contributed by atoms with Crippen LogP contribution in [0.5, 0.6) is 5.75 Å². The molecule has 1 aromatic heterocycles. The van der Waals surface area contributed by atoms with Crippen molar-refractivity contribution < 1.29 is 19.4 Å². The summed E-state index contributed by atoms with van der Waals surface area (Å²) in [6.07, 6.45) is 0.745. The Morgan fingerprint density at radius 2 is 1.91 bits per heavy atom. The van der Waals surface area contributed by atoms with Crippen LogP contribution in [0.4, 0.5) is 17.3 Å². The van der Waals surface area contributed by atoms with Gasteiger partial charge in [-0.15, -0.1) is 0 Å². The Morgan fingerprint density at radius 1 is 1.18 bits per heavy atom. The Kier molecular flexibility index (Phi) is 6.64. The molecule has 3 N–H and O–H groups in total. The minimum absolute atomic E-state index is 0.0103. The molecule has 33 heavy (non-hydrogen) atoms. The molecule has 0 saturated carbocycles. The van der Waals surface area contributed by atoms with Gasteiger partial charge in [-0.2, -0.15) is 0 Å². The molecule has 0 spiro atoms. The van der Waals surface area contributed by atoms with E-state index in [9.17, 15) is 15.1 Å². The number of carbonyl (C=O) groups is 1. The molecule has 1 atom stereocenters. The maximum Gasteiger partial charge on any atom is 0.324 e. The van der Waals surface area contributed by atoms with E-state index >= 15 is 0 Å². The number of anilines is 3. The van der Waals surface area contributed by atoms with Gasteiger partial charge in [-0.3, -0.25) is 10.1 Å². The molecule has 10 heteroatoms. The average Bonchev–Trinajstić information content (AvgIpc) is 3.18. The van der Waals surface area contributed by atoms with Crippen LogP contribution < -0.4 is 15.5 Å². The molecular formula is C23H28N6O4. The van der Waals surface area contributed by atoms with E-state index < -0.39 is 0 Å². The molecule has 0 unspecified atom stereocenters. The number of phenolic OH excluding ortho intramolecular Hbond substituents is 1. The van der Waals surface area contributed by atoms with Crippen LogP contribution in [0.3, 0.4) is 0 Å². The molecule has 0 bridgehead atoms. The van der Waals surface area contributed by atoms with E-state index in [2.05, 4.69) is 20.7 Å². The molecule has 2 heterocycles. The van der Waals surface area contributed by atoms with Gasteiger partial charge in [0, 0.05) is 26.2 Å². The summed E-state index contributed by atoms with van der Waals surface area (Å²) in [7, 11) is 2.01. The number of phenols is 1. The van der Waals surface area contributed by atoms with E-state index in [1.165, 1.54) is 0 Å². The van der Waals surface area contributed by atoms with Crippen molar-refractivity contribution >= 4 is 23.2 Å². The number of carbonyl (C=O) groups excluding carboxylic acids is 1. The fourth-order valence-electron chi connectivity index (χ4n) is 3.84. The molecule has 1 aliphatic rings. The fourth-order valence-corrected chi connectivity index (χ4v) is 3.84. The van der Waals surface area contributed by atoms with Crippen molar-refractivity contribution in [2.24, 2.45) is 0 Å². The number of benzene rings is 2. The van der Waals surface area contributed by atoms with Gasteiger partial charge in [-0.1, -0.05) is 48.2 Å². The van der Waals surface area contributed by atoms with Crippen LogP contribution in [0.1, 0.15) is 35.3 Å². The third kappa shape index (κ3) is 4.85. The van der Waals surface area contributed by atoms with Crippen molar-refractivity contribution in [2.75, 3.05) is 43.9 Å². The van der Waals surface area contributed by atoms with Gasteiger partial charge in [0.2, 0.25) is 0 Å². The maximum absolute atomic E-state index is 13.0. The molecule has 1 saturated heterocycles. The zero-order chi connectivity index (χ0) is 23.4. The van der Waals surface area contributed by atoms with E-state index in [-0.39, 0.29) is 45.5 Å². The second-order valence-electron chi connectivity index (χ2n) is 8.07. The molecule has 174 valence electrons. The second kappa shape index (κ2) is 9.78. The lowest BCUT2D eigenvalue weighted by Crippen LogP contribution is -2.47. The Morgan fingerprint density at radius 3 is 2.61 bits per heavy atom. The number of aromatic hydroxyl groups is 1. The lowest BCUT2D eigenvalue weighted by Gasteiger charge is -2.32. The third-order valence-corrected chi connectivity index (χ3v) is 5.84. The fraction of sp³-hybridized carbons (Fsp3) is 0.348. The molecule has 1 aliphatic heterocycles. The summed E-state index contributed by atoms with van der Waals surface area (Å²) in [5.74, 6) is -0.290. The van der Waals surface area contributed by atoms with Crippen molar-refractivity contribution in [3.05, 3.63) is 64.9 Å². The SMILES string of the molecule is CC[C@@H](Nc1no[n+]([O-])c1Nc1cccc(C(=O)N2CCN(C)CC2)c1O)c1ccccc1. The minimum Gasteiger partial charge on any atom is -0.504 e. The summed E-state index contributed by atoms with van der Waals surface area (Å²) >= 11 is 0. The third-order valence-electron chi connectivity index (χ3n) is 5.84.